The molecule has 2 rings (SSSR count). The summed E-state index contributed by atoms with van der Waals surface area (Å²) in [5.41, 5.74) is 1.27. The molecule has 0 saturated carbocycles. The van der Waals surface area contributed by atoms with E-state index in [0.29, 0.717) is 12.0 Å². The van der Waals surface area contributed by atoms with E-state index in [2.05, 4.69) is 53.1 Å². The van der Waals surface area contributed by atoms with Gasteiger partial charge in [-0.1, -0.05) is 13.8 Å². The molecular weight excluding hydrogens is 447 g/mol. The molecule has 1 atom stereocenters. The van der Waals surface area contributed by atoms with Crippen LogP contribution in [0.15, 0.2) is 21.8 Å². The SMILES string of the molecule is CCNC(=NCc1ccsc1)NCC(CC(C)C)N1CCOCC1.I. The summed E-state index contributed by atoms with van der Waals surface area (Å²) in [5, 5.41) is 11.2. The van der Waals surface area contributed by atoms with Crippen LogP contribution in [0.3, 0.4) is 0 Å². The number of halogens is 1. The summed E-state index contributed by atoms with van der Waals surface area (Å²) >= 11 is 1.72. The van der Waals surface area contributed by atoms with Crippen molar-refractivity contribution in [3.05, 3.63) is 22.4 Å². The van der Waals surface area contributed by atoms with Crippen molar-refractivity contribution in [2.24, 2.45) is 10.9 Å². The monoisotopic (exact) mass is 480 g/mol. The van der Waals surface area contributed by atoms with Gasteiger partial charge in [-0.15, -0.1) is 24.0 Å². The summed E-state index contributed by atoms with van der Waals surface area (Å²) in [5.74, 6) is 1.59. The summed E-state index contributed by atoms with van der Waals surface area (Å²) in [4.78, 5) is 7.26. The Hall–Kier alpha value is -0.380. The second kappa shape index (κ2) is 12.9. The number of hydrogen-bond acceptors (Lipinski definition) is 4. The second-order valence-corrected chi connectivity index (χ2v) is 7.42. The zero-order chi connectivity index (χ0) is 17.2. The highest BCUT2D eigenvalue weighted by molar-refractivity contribution is 14.0. The third-order valence-corrected chi connectivity index (χ3v) is 4.89. The molecule has 1 aromatic rings. The third-order valence-electron chi connectivity index (χ3n) is 4.15. The van der Waals surface area contributed by atoms with Crippen LogP contribution in [-0.2, 0) is 11.3 Å². The van der Waals surface area contributed by atoms with Crippen molar-refractivity contribution in [1.82, 2.24) is 15.5 Å². The van der Waals surface area contributed by atoms with Crippen molar-refractivity contribution >= 4 is 41.3 Å². The van der Waals surface area contributed by atoms with E-state index in [1.165, 1.54) is 12.0 Å². The lowest BCUT2D eigenvalue weighted by Gasteiger charge is -2.35. The van der Waals surface area contributed by atoms with Crippen molar-refractivity contribution in [2.75, 3.05) is 39.4 Å². The van der Waals surface area contributed by atoms with E-state index < -0.39 is 0 Å². The minimum absolute atomic E-state index is 0. The molecule has 1 unspecified atom stereocenters. The van der Waals surface area contributed by atoms with Crippen LogP contribution >= 0.6 is 35.3 Å². The van der Waals surface area contributed by atoms with Crippen LogP contribution in [0.2, 0.25) is 0 Å². The first-order valence-electron chi connectivity index (χ1n) is 9.04. The van der Waals surface area contributed by atoms with E-state index in [0.717, 1.165) is 51.9 Å². The van der Waals surface area contributed by atoms with E-state index in [1.54, 1.807) is 11.3 Å². The molecule has 0 spiro atoms. The predicted molar refractivity (Wildman–Crippen MR) is 118 cm³/mol. The Balaban J connectivity index is 0.00000312. The molecule has 0 aromatic carbocycles. The highest BCUT2D eigenvalue weighted by Gasteiger charge is 2.22. The maximum atomic E-state index is 5.50. The Kier molecular flexibility index (Phi) is 11.7. The summed E-state index contributed by atoms with van der Waals surface area (Å²) in [7, 11) is 0. The number of rotatable bonds is 8. The van der Waals surface area contributed by atoms with Gasteiger partial charge in [-0.25, -0.2) is 4.99 Å². The Morgan fingerprint density at radius 1 is 1.32 bits per heavy atom. The molecule has 1 aliphatic rings. The largest absolute Gasteiger partial charge is 0.379 e. The Morgan fingerprint density at radius 2 is 2.08 bits per heavy atom. The maximum Gasteiger partial charge on any atom is 0.191 e. The standard InChI is InChI=1S/C18H32N4OS.HI/c1-4-19-18(20-12-16-5-10-24-14-16)21-13-17(11-15(2)3)22-6-8-23-9-7-22;/h5,10,14-15,17H,4,6-9,11-13H2,1-3H3,(H2,19,20,21);1H. The number of nitrogens with one attached hydrogen (secondary N) is 2. The van der Waals surface area contributed by atoms with Gasteiger partial charge in [-0.05, 0) is 41.7 Å². The van der Waals surface area contributed by atoms with Crippen LogP contribution in [0.1, 0.15) is 32.8 Å². The number of guanidine groups is 1. The van der Waals surface area contributed by atoms with Crippen molar-refractivity contribution in [3.8, 4) is 0 Å². The fraction of sp³-hybridized carbons (Fsp3) is 0.722. The van der Waals surface area contributed by atoms with Gasteiger partial charge in [0.1, 0.15) is 0 Å². The van der Waals surface area contributed by atoms with Crippen molar-refractivity contribution in [1.29, 1.82) is 0 Å². The van der Waals surface area contributed by atoms with Gasteiger partial charge in [0.2, 0.25) is 0 Å². The topological polar surface area (TPSA) is 48.9 Å². The van der Waals surface area contributed by atoms with Gasteiger partial charge >= 0.3 is 0 Å². The molecule has 1 aliphatic heterocycles. The average molecular weight is 480 g/mol. The summed E-state index contributed by atoms with van der Waals surface area (Å²) in [6, 6.07) is 2.66. The molecule has 2 heterocycles. The lowest BCUT2D eigenvalue weighted by molar-refractivity contribution is 0.0132. The van der Waals surface area contributed by atoms with Gasteiger partial charge < -0.3 is 15.4 Å². The molecule has 2 N–H and O–H groups in total. The summed E-state index contributed by atoms with van der Waals surface area (Å²) in [6.07, 6.45) is 1.19. The lowest BCUT2D eigenvalue weighted by atomic mass is 10.0. The zero-order valence-corrected chi connectivity index (χ0v) is 18.8. The number of nitrogens with zero attached hydrogens (tertiary/aromatic N) is 2. The quantitative estimate of drug-likeness (QED) is 0.341. The van der Waals surface area contributed by atoms with Gasteiger partial charge in [0.25, 0.3) is 0 Å². The van der Waals surface area contributed by atoms with Crippen molar-refractivity contribution in [3.63, 3.8) is 0 Å². The average Bonchev–Trinajstić information content (AvgIpc) is 3.10. The van der Waals surface area contributed by atoms with Gasteiger partial charge in [-0.2, -0.15) is 11.3 Å². The van der Waals surface area contributed by atoms with E-state index in [4.69, 9.17) is 9.73 Å². The minimum Gasteiger partial charge on any atom is -0.379 e. The van der Waals surface area contributed by atoms with E-state index in [-0.39, 0.29) is 24.0 Å². The second-order valence-electron chi connectivity index (χ2n) is 6.64. The van der Waals surface area contributed by atoms with Crippen LogP contribution in [0, 0.1) is 5.92 Å². The van der Waals surface area contributed by atoms with Gasteiger partial charge in [0.05, 0.1) is 19.8 Å². The zero-order valence-electron chi connectivity index (χ0n) is 15.7. The fourth-order valence-electron chi connectivity index (χ4n) is 2.96. The first-order chi connectivity index (χ1) is 11.7. The highest BCUT2D eigenvalue weighted by Crippen LogP contribution is 2.13. The first kappa shape index (κ1) is 22.7. The van der Waals surface area contributed by atoms with Gasteiger partial charge in [-0.3, -0.25) is 4.90 Å². The molecule has 0 amide bonds. The Labute approximate surface area is 173 Å². The molecule has 1 fully saturated rings. The third kappa shape index (κ3) is 8.70. The number of ether oxygens (including phenoxy) is 1. The van der Waals surface area contributed by atoms with Crippen LogP contribution in [0.5, 0.6) is 0 Å². The number of hydrogen-bond donors (Lipinski definition) is 2. The summed E-state index contributed by atoms with van der Waals surface area (Å²) < 4.78 is 5.50. The van der Waals surface area contributed by atoms with E-state index >= 15 is 0 Å². The number of aliphatic imine (C=N–C) groups is 1. The molecule has 25 heavy (non-hydrogen) atoms. The molecule has 1 aromatic heterocycles. The van der Waals surface area contributed by atoms with Crippen LogP contribution < -0.4 is 10.6 Å². The molecule has 7 heteroatoms. The molecule has 0 bridgehead atoms. The molecule has 0 radical (unpaired) electrons. The normalized spacial score (nSPS) is 17.2. The predicted octanol–water partition coefficient (Wildman–Crippen LogP) is 3.17. The highest BCUT2D eigenvalue weighted by atomic mass is 127. The van der Waals surface area contributed by atoms with Crippen LogP contribution in [0.25, 0.3) is 0 Å². The van der Waals surface area contributed by atoms with Crippen molar-refractivity contribution in [2.45, 2.75) is 39.8 Å². The fourth-order valence-corrected chi connectivity index (χ4v) is 3.62. The van der Waals surface area contributed by atoms with Gasteiger partial charge in [0, 0.05) is 32.2 Å². The van der Waals surface area contributed by atoms with Crippen molar-refractivity contribution < 1.29 is 4.74 Å². The van der Waals surface area contributed by atoms with Crippen LogP contribution in [0.4, 0.5) is 0 Å². The molecule has 0 aliphatic carbocycles. The number of thiophene rings is 1. The first-order valence-corrected chi connectivity index (χ1v) is 9.98. The number of morpholine rings is 1. The molecule has 1 saturated heterocycles. The molecular formula is C18H33IN4OS. The minimum atomic E-state index is 0. The lowest BCUT2D eigenvalue weighted by Crippen LogP contribution is -2.51. The maximum absolute atomic E-state index is 5.50. The van der Waals surface area contributed by atoms with E-state index in [9.17, 15) is 0 Å². The molecule has 5 nitrogen and oxygen atoms in total. The Bertz CT molecular complexity index is 475. The van der Waals surface area contributed by atoms with E-state index in [1.807, 2.05) is 0 Å². The van der Waals surface area contributed by atoms with Gasteiger partial charge in [0.15, 0.2) is 5.96 Å². The smallest absolute Gasteiger partial charge is 0.191 e. The Morgan fingerprint density at radius 3 is 2.68 bits per heavy atom. The van der Waals surface area contributed by atoms with Crippen LogP contribution in [-0.4, -0.2) is 56.3 Å². The summed E-state index contributed by atoms with van der Waals surface area (Å²) in [6.45, 7) is 13.0. The molecule has 144 valence electrons.